The second-order valence-electron chi connectivity index (χ2n) is 23.4. The van der Waals surface area contributed by atoms with E-state index in [2.05, 4.69) is 51.9 Å². The number of aliphatic hydroxyl groups excluding tert-OH is 1. The van der Waals surface area contributed by atoms with Gasteiger partial charge >= 0.3 is 6.01 Å². The van der Waals surface area contributed by atoms with Gasteiger partial charge in [-0.05, 0) is 122 Å². The minimum Gasteiger partial charge on any atom is -0.508 e. The summed E-state index contributed by atoms with van der Waals surface area (Å²) >= 11 is 1.58. The SMILES string of the molecule is CCc1cccc2cc(O)cc(-c3ncc4c(N5CC6CCC(C5)N6)nc(OCCC5CC(C)(C(C)ON6CC=C(C(C)(C)CC(=O)[C@@]7(C(=O)N[C@@H](C)c8ccc(-c9scnc9C)cc8)CC(O)CN7)O6)CCN5)nc4c3F)c12. The highest BCUT2D eigenvalue weighted by Crippen LogP contribution is 2.43. The molecule has 8 heterocycles. The summed E-state index contributed by atoms with van der Waals surface area (Å²) in [6, 6.07) is 17.5. The van der Waals surface area contributed by atoms with Crippen LogP contribution in [0.15, 0.2) is 78.1 Å². The number of hydrogen-bond donors (Lipinski definition) is 6. The molecule has 4 saturated heterocycles. The largest absolute Gasteiger partial charge is 0.508 e. The number of piperazine rings is 1. The number of hydrogen-bond acceptors (Lipinski definition) is 17. The number of hydroxylamine groups is 2. The number of phenols is 1. The fourth-order valence-corrected chi connectivity index (χ4v) is 13.4. The molecule has 5 aliphatic rings. The molecule has 3 aromatic heterocycles. The first-order chi connectivity index (χ1) is 37.9. The van der Waals surface area contributed by atoms with Gasteiger partial charge in [0.1, 0.15) is 28.5 Å². The van der Waals surface area contributed by atoms with Crippen LogP contribution >= 0.6 is 11.3 Å². The standard InChI is InChI=1S/C60H73FN10O7S/c1-8-37-10-9-11-40-24-44(72)25-46(50(37)40)52-51(61)53-47(30-63-52)55(70-31-42-16-17-43(32-70)67-42)69-57(68-53)76-23-19-41-26-59(7,20-21-62-41)36(4)77-71-22-18-49(78-71)58(5,6)28-48(74)60(27-45(73)29-65-60)56(75)66-34(2)38-12-14-39(15-13-38)54-35(3)64-33-79-54/h9-15,18,24-25,30,33-34,36,41-43,45,62,65,67,72-73H,8,16-17,19-23,26-29,31-32H2,1-7H3,(H,66,75)/t34-,36?,41?,42?,43?,45?,59?,60+/m0/s1. The molecule has 8 atom stereocenters. The number of rotatable bonds is 18. The number of fused-ring (bicyclic) bond motifs is 4. The zero-order chi connectivity index (χ0) is 55.4. The number of phenolic OH excluding ortho intramolecular Hbond substituents is 1. The summed E-state index contributed by atoms with van der Waals surface area (Å²) in [4.78, 5) is 63.6. The number of pyridine rings is 1. The van der Waals surface area contributed by atoms with Crippen LogP contribution in [0.4, 0.5) is 10.2 Å². The second kappa shape index (κ2) is 22.0. The highest BCUT2D eigenvalue weighted by molar-refractivity contribution is 7.13. The minimum atomic E-state index is -1.61. The topological polar surface area (TPSA) is 208 Å². The Balaban J connectivity index is 0.724. The second-order valence-corrected chi connectivity index (χ2v) is 24.3. The number of nitrogens with one attached hydrogen (secondary N) is 4. The van der Waals surface area contributed by atoms with Crippen molar-refractivity contribution in [2.24, 2.45) is 10.8 Å². The van der Waals surface area contributed by atoms with E-state index in [9.17, 15) is 19.8 Å². The van der Waals surface area contributed by atoms with Crippen molar-refractivity contribution in [3.63, 3.8) is 0 Å². The molecule has 17 nitrogen and oxygen atoms in total. The first-order valence-electron chi connectivity index (χ1n) is 28.0. The normalized spacial score (nSPS) is 25.1. The maximum absolute atomic E-state index is 17.2. The van der Waals surface area contributed by atoms with Crippen molar-refractivity contribution in [3.05, 3.63) is 101 Å². The fourth-order valence-electron chi connectivity index (χ4n) is 12.6. The first kappa shape index (κ1) is 54.8. The van der Waals surface area contributed by atoms with E-state index in [-0.39, 0.29) is 72.3 Å². The number of amides is 1. The smallest absolute Gasteiger partial charge is 0.319 e. The molecule has 0 spiro atoms. The number of nitrogens with zero attached hydrogens (tertiary/aromatic N) is 6. The average Bonchev–Trinajstić information content (AvgIpc) is 4.35. The average molecular weight is 1100 g/mol. The molecule has 1 amide bonds. The van der Waals surface area contributed by atoms with Gasteiger partial charge in [-0.2, -0.15) is 9.97 Å². The Morgan fingerprint density at radius 2 is 1.85 bits per heavy atom. The van der Waals surface area contributed by atoms with Gasteiger partial charge in [-0.1, -0.05) is 70.2 Å². The number of piperidine rings is 1. The van der Waals surface area contributed by atoms with E-state index >= 15 is 4.39 Å². The van der Waals surface area contributed by atoms with Crippen molar-refractivity contribution in [1.29, 1.82) is 0 Å². The molecule has 6 N–H and O–H groups in total. The molecule has 79 heavy (non-hydrogen) atoms. The number of benzene rings is 3. The quantitative estimate of drug-likeness (QED) is 0.0446. The molecule has 6 aromatic rings. The van der Waals surface area contributed by atoms with Crippen LogP contribution in [0.25, 0.3) is 43.4 Å². The van der Waals surface area contributed by atoms with Gasteiger partial charge in [0.05, 0.1) is 52.9 Å². The Hall–Kier alpha value is -6.19. The van der Waals surface area contributed by atoms with Crippen LogP contribution < -0.4 is 30.9 Å². The molecule has 4 fully saturated rings. The van der Waals surface area contributed by atoms with E-state index < -0.39 is 34.8 Å². The summed E-state index contributed by atoms with van der Waals surface area (Å²) < 4.78 is 23.6. The van der Waals surface area contributed by atoms with E-state index in [0.717, 1.165) is 89.8 Å². The Morgan fingerprint density at radius 1 is 1.06 bits per heavy atom. The summed E-state index contributed by atoms with van der Waals surface area (Å²) in [7, 11) is 0. The molecule has 3 aromatic carbocycles. The number of aromatic nitrogens is 4. The molecule has 11 rings (SSSR count). The lowest BCUT2D eigenvalue weighted by Gasteiger charge is -2.43. The van der Waals surface area contributed by atoms with Crippen LogP contribution in [0.3, 0.4) is 0 Å². The van der Waals surface area contributed by atoms with Crippen molar-refractivity contribution in [1.82, 2.24) is 46.4 Å². The van der Waals surface area contributed by atoms with E-state index in [0.29, 0.717) is 47.6 Å². The van der Waals surface area contributed by atoms with Gasteiger partial charge in [0, 0.05) is 67.8 Å². The van der Waals surface area contributed by atoms with Crippen LogP contribution in [-0.4, -0.2) is 122 Å². The van der Waals surface area contributed by atoms with Crippen LogP contribution in [0.2, 0.25) is 0 Å². The predicted octanol–water partition coefficient (Wildman–Crippen LogP) is 8.56. The third-order valence-corrected chi connectivity index (χ3v) is 18.3. The predicted molar refractivity (Wildman–Crippen MR) is 303 cm³/mol. The van der Waals surface area contributed by atoms with Crippen LogP contribution in [0.1, 0.15) is 109 Å². The van der Waals surface area contributed by atoms with Crippen LogP contribution in [0, 0.1) is 23.6 Å². The first-order valence-corrected chi connectivity index (χ1v) is 28.9. The summed E-state index contributed by atoms with van der Waals surface area (Å²) in [5, 5.41) is 38.7. The van der Waals surface area contributed by atoms with Gasteiger partial charge in [-0.25, -0.2) is 9.37 Å². The monoisotopic (exact) mass is 1100 g/mol. The molecular weight excluding hydrogens is 1020 g/mol. The third kappa shape index (κ3) is 10.9. The number of aryl methyl sites for hydroxylation is 2. The maximum atomic E-state index is 17.2. The molecule has 2 bridgehead atoms. The molecule has 0 saturated carbocycles. The Kier molecular flexibility index (Phi) is 15.3. The highest BCUT2D eigenvalue weighted by atomic mass is 32.1. The van der Waals surface area contributed by atoms with E-state index in [4.69, 9.17) is 29.4 Å². The number of carbonyl (C=O) groups is 2. The molecule has 5 aliphatic heterocycles. The zero-order valence-electron chi connectivity index (χ0n) is 46.2. The zero-order valence-corrected chi connectivity index (χ0v) is 47.0. The van der Waals surface area contributed by atoms with E-state index in [1.807, 2.05) is 81.7 Å². The molecule has 0 radical (unpaired) electrons. The van der Waals surface area contributed by atoms with Crippen LogP contribution in [-0.2, 0) is 25.7 Å². The summed E-state index contributed by atoms with van der Waals surface area (Å²) in [6.07, 6.45) is 7.52. The lowest BCUT2D eigenvalue weighted by Crippen LogP contribution is -2.60. The summed E-state index contributed by atoms with van der Waals surface area (Å²) in [5.41, 5.74) is 3.81. The molecular formula is C60H73FN10O7S. The van der Waals surface area contributed by atoms with E-state index in [1.165, 1.54) is 5.23 Å². The Bertz CT molecular complexity index is 3290. The van der Waals surface area contributed by atoms with Gasteiger partial charge in [-0.15, -0.1) is 11.3 Å². The summed E-state index contributed by atoms with van der Waals surface area (Å²) in [6.45, 7) is 17.0. The molecule has 0 aliphatic carbocycles. The van der Waals surface area contributed by atoms with Crippen molar-refractivity contribution in [3.8, 4) is 33.5 Å². The number of aromatic hydroxyl groups is 1. The highest BCUT2D eigenvalue weighted by Gasteiger charge is 2.53. The number of thiazole rings is 1. The summed E-state index contributed by atoms with van der Waals surface area (Å²) in [5.74, 6) is -0.205. The van der Waals surface area contributed by atoms with Crippen molar-refractivity contribution in [2.45, 2.75) is 142 Å². The number of aliphatic hydroxyl groups is 1. The number of carbonyl (C=O) groups excluding carboxylic acids is 2. The fraction of sp³-hybridized carbons (Fsp3) is 0.500. The minimum absolute atomic E-state index is 0.0223. The molecule has 19 heteroatoms. The number of anilines is 1. The Morgan fingerprint density at radius 3 is 2.57 bits per heavy atom. The number of halogens is 1. The number of ketones is 1. The van der Waals surface area contributed by atoms with Gasteiger partial charge in [0.25, 0.3) is 0 Å². The van der Waals surface area contributed by atoms with Crippen molar-refractivity contribution >= 4 is 50.5 Å². The number of ether oxygens (including phenoxy) is 1. The molecule has 6 unspecified atom stereocenters. The lowest BCUT2D eigenvalue weighted by atomic mass is 9.73. The Labute approximate surface area is 464 Å². The lowest BCUT2D eigenvalue weighted by molar-refractivity contribution is -0.368. The van der Waals surface area contributed by atoms with Gasteiger partial charge < -0.3 is 40.6 Å². The van der Waals surface area contributed by atoms with Crippen LogP contribution in [0.5, 0.6) is 11.8 Å². The number of allylic oxidation sites excluding steroid dienone is 1. The van der Waals surface area contributed by atoms with Gasteiger partial charge in [0.2, 0.25) is 5.91 Å². The van der Waals surface area contributed by atoms with E-state index in [1.54, 1.807) is 29.7 Å². The molecule has 418 valence electrons. The maximum Gasteiger partial charge on any atom is 0.319 e. The number of β-amino-alcohol motifs (C(OH)–C–C–N with tert-alkyl or cyclic N) is 1. The third-order valence-electron chi connectivity index (χ3n) is 17.3. The van der Waals surface area contributed by atoms with Crippen molar-refractivity contribution < 1.29 is 38.6 Å². The number of Topliss-reactive ketones (excluding diaryl/α,β-unsaturated/α-hetero) is 1. The van der Waals surface area contributed by atoms with Crippen molar-refractivity contribution in [2.75, 3.05) is 44.2 Å². The van der Waals surface area contributed by atoms with Gasteiger partial charge in [-0.3, -0.25) is 24.7 Å². The van der Waals surface area contributed by atoms with Gasteiger partial charge in [0.15, 0.2) is 17.1 Å².